The average Bonchev–Trinajstić information content (AvgIpc) is 2.97. The van der Waals surface area contributed by atoms with Crippen LogP contribution < -0.4 is 10.6 Å². The predicted molar refractivity (Wildman–Crippen MR) is 78.4 cm³/mol. The summed E-state index contributed by atoms with van der Waals surface area (Å²) >= 11 is 1.51. The summed E-state index contributed by atoms with van der Waals surface area (Å²) in [5.41, 5.74) is 2.18. The summed E-state index contributed by atoms with van der Waals surface area (Å²) in [4.78, 5) is 20.2. The molecule has 2 aromatic rings. The largest absolute Gasteiger partial charge is 0.354 e. The number of nitrogens with zero attached hydrogens (tertiary/aromatic N) is 2. The van der Waals surface area contributed by atoms with E-state index < -0.39 is 0 Å². The van der Waals surface area contributed by atoms with Crippen LogP contribution in [0.5, 0.6) is 0 Å². The maximum absolute atomic E-state index is 12.0. The Kier molecular flexibility index (Phi) is 3.64. The van der Waals surface area contributed by atoms with Crippen LogP contribution in [0.2, 0.25) is 0 Å². The predicted octanol–water partition coefficient (Wildman–Crippen LogP) is 1.82. The molecule has 2 aromatic heterocycles. The van der Waals surface area contributed by atoms with Gasteiger partial charge in [-0.05, 0) is 24.3 Å². The fraction of sp³-hybridized carbons (Fsp3) is 0.0714. The van der Waals surface area contributed by atoms with Crippen molar-refractivity contribution in [3.05, 3.63) is 65.6 Å². The molecule has 1 atom stereocenters. The Morgan fingerprint density at radius 3 is 2.80 bits per heavy atom. The van der Waals surface area contributed by atoms with Gasteiger partial charge in [-0.15, -0.1) is 0 Å². The number of carbonyl (C=O) groups is 1. The Bertz CT molecular complexity index is 630. The van der Waals surface area contributed by atoms with Gasteiger partial charge in [-0.2, -0.15) is 0 Å². The highest BCUT2D eigenvalue weighted by Crippen LogP contribution is 2.24. The number of nitrogens with one attached hydrogen (secondary N) is 2. The monoisotopic (exact) mass is 284 g/mol. The normalized spacial score (nSPS) is 17.2. The molecule has 3 rings (SSSR count). The van der Waals surface area contributed by atoms with Gasteiger partial charge in [-0.25, -0.2) is 0 Å². The molecule has 3 heterocycles. The number of amides is 1. The highest BCUT2D eigenvalue weighted by atomic mass is 32.2. The number of hydrogen-bond donors (Lipinski definition) is 2. The van der Waals surface area contributed by atoms with Crippen molar-refractivity contribution >= 4 is 23.4 Å². The molecule has 1 aliphatic rings. The lowest BCUT2D eigenvalue weighted by molar-refractivity contribution is 0.0948. The van der Waals surface area contributed by atoms with Gasteiger partial charge in [0, 0.05) is 29.6 Å². The number of rotatable bonds is 3. The molecule has 1 aliphatic heterocycles. The SMILES string of the molecule is O=C(NC1NC(c2ccccn2)=CS1)c1ccncc1. The summed E-state index contributed by atoms with van der Waals surface area (Å²) in [6.07, 6.45) is 4.94. The van der Waals surface area contributed by atoms with Crippen molar-refractivity contribution < 1.29 is 4.79 Å². The van der Waals surface area contributed by atoms with Gasteiger partial charge in [-0.3, -0.25) is 14.8 Å². The minimum atomic E-state index is -0.187. The summed E-state index contributed by atoms with van der Waals surface area (Å²) in [7, 11) is 0. The molecular formula is C14H12N4OS. The molecule has 2 N–H and O–H groups in total. The summed E-state index contributed by atoms with van der Waals surface area (Å²) in [5, 5.41) is 8.08. The molecule has 1 amide bonds. The smallest absolute Gasteiger partial charge is 0.253 e. The third-order valence-electron chi connectivity index (χ3n) is 2.75. The van der Waals surface area contributed by atoms with Crippen LogP contribution in [-0.4, -0.2) is 21.4 Å². The summed E-state index contributed by atoms with van der Waals surface area (Å²) < 4.78 is 0. The molecular weight excluding hydrogens is 272 g/mol. The Balaban J connectivity index is 1.61. The first-order chi connectivity index (χ1) is 9.83. The topological polar surface area (TPSA) is 66.9 Å². The second kappa shape index (κ2) is 5.75. The standard InChI is InChI=1S/C14H12N4OS/c19-13(10-4-7-15-8-5-10)18-14-17-12(9-20-14)11-3-1-2-6-16-11/h1-9,14,17H,(H,18,19). The van der Waals surface area contributed by atoms with Crippen LogP contribution >= 0.6 is 11.8 Å². The zero-order chi connectivity index (χ0) is 13.8. The first kappa shape index (κ1) is 12.7. The molecule has 0 aromatic carbocycles. The van der Waals surface area contributed by atoms with Gasteiger partial charge in [0.05, 0.1) is 11.4 Å². The van der Waals surface area contributed by atoms with Crippen LogP contribution in [-0.2, 0) is 0 Å². The third kappa shape index (κ3) is 2.80. The molecule has 0 bridgehead atoms. The second-order valence-corrected chi connectivity index (χ2v) is 5.10. The Hall–Kier alpha value is -2.34. The number of hydrogen-bond acceptors (Lipinski definition) is 5. The summed E-state index contributed by atoms with van der Waals surface area (Å²) in [6, 6.07) is 9.09. The molecule has 0 fully saturated rings. The molecule has 100 valence electrons. The molecule has 5 nitrogen and oxygen atoms in total. The third-order valence-corrected chi connectivity index (χ3v) is 3.63. The van der Waals surface area contributed by atoms with E-state index in [9.17, 15) is 4.79 Å². The van der Waals surface area contributed by atoms with E-state index in [0.717, 1.165) is 11.4 Å². The van der Waals surface area contributed by atoms with Crippen LogP contribution in [0, 0.1) is 0 Å². The van der Waals surface area contributed by atoms with Crippen molar-refractivity contribution in [2.24, 2.45) is 0 Å². The molecule has 0 saturated heterocycles. The Morgan fingerprint density at radius 1 is 1.20 bits per heavy atom. The maximum atomic E-state index is 12.0. The fourth-order valence-corrected chi connectivity index (χ4v) is 2.61. The van der Waals surface area contributed by atoms with Crippen molar-refractivity contribution in [3.8, 4) is 0 Å². The first-order valence-corrected chi connectivity index (χ1v) is 7.02. The molecule has 1 unspecified atom stereocenters. The molecule has 0 saturated carbocycles. The highest BCUT2D eigenvalue weighted by Gasteiger charge is 2.20. The van der Waals surface area contributed by atoms with E-state index in [1.807, 2.05) is 23.6 Å². The maximum Gasteiger partial charge on any atom is 0.253 e. The molecule has 20 heavy (non-hydrogen) atoms. The van der Waals surface area contributed by atoms with E-state index in [2.05, 4.69) is 20.6 Å². The molecule has 0 aliphatic carbocycles. The number of pyridine rings is 2. The van der Waals surface area contributed by atoms with E-state index >= 15 is 0 Å². The van der Waals surface area contributed by atoms with Gasteiger partial charge in [0.25, 0.3) is 5.91 Å². The Labute approximate surface area is 120 Å². The minimum absolute atomic E-state index is 0.131. The first-order valence-electron chi connectivity index (χ1n) is 6.07. The Morgan fingerprint density at radius 2 is 2.05 bits per heavy atom. The van der Waals surface area contributed by atoms with Crippen LogP contribution in [0.15, 0.2) is 54.3 Å². The lowest BCUT2D eigenvalue weighted by Gasteiger charge is -2.14. The van der Waals surface area contributed by atoms with Gasteiger partial charge in [0.2, 0.25) is 0 Å². The van der Waals surface area contributed by atoms with Crippen molar-refractivity contribution in [2.45, 2.75) is 5.50 Å². The fourth-order valence-electron chi connectivity index (χ4n) is 1.78. The van der Waals surface area contributed by atoms with Crippen LogP contribution in [0.3, 0.4) is 0 Å². The van der Waals surface area contributed by atoms with Crippen molar-refractivity contribution in [3.63, 3.8) is 0 Å². The summed E-state index contributed by atoms with van der Waals surface area (Å²) in [5.74, 6) is -0.131. The average molecular weight is 284 g/mol. The van der Waals surface area contributed by atoms with E-state index in [0.29, 0.717) is 5.56 Å². The van der Waals surface area contributed by atoms with E-state index in [-0.39, 0.29) is 11.4 Å². The van der Waals surface area contributed by atoms with Gasteiger partial charge < -0.3 is 10.6 Å². The summed E-state index contributed by atoms with van der Waals surface area (Å²) in [6.45, 7) is 0. The quantitative estimate of drug-likeness (QED) is 0.900. The van der Waals surface area contributed by atoms with Crippen molar-refractivity contribution in [1.29, 1.82) is 0 Å². The van der Waals surface area contributed by atoms with Crippen molar-refractivity contribution in [2.75, 3.05) is 0 Å². The van der Waals surface area contributed by atoms with E-state index in [1.54, 1.807) is 30.7 Å². The number of carbonyl (C=O) groups excluding carboxylic acids is 1. The van der Waals surface area contributed by atoms with E-state index in [1.165, 1.54) is 11.8 Å². The second-order valence-electron chi connectivity index (χ2n) is 4.12. The van der Waals surface area contributed by atoms with Gasteiger partial charge in [0.15, 0.2) is 5.50 Å². The van der Waals surface area contributed by atoms with E-state index in [4.69, 9.17) is 0 Å². The minimum Gasteiger partial charge on any atom is -0.354 e. The number of thioether (sulfide) groups is 1. The van der Waals surface area contributed by atoms with Gasteiger partial charge >= 0.3 is 0 Å². The highest BCUT2D eigenvalue weighted by molar-refractivity contribution is 8.03. The lowest BCUT2D eigenvalue weighted by atomic mass is 10.2. The number of aromatic nitrogens is 2. The molecule has 6 heteroatoms. The zero-order valence-corrected chi connectivity index (χ0v) is 11.3. The van der Waals surface area contributed by atoms with Crippen LogP contribution in [0.25, 0.3) is 5.70 Å². The van der Waals surface area contributed by atoms with Gasteiger partial charge in [-0.1, -0.05) is 17.8 Å². The lowest BCUT2D eigenvalue weighted by Crippen LogP contribution is -2.39. The van der Waals surface area contributed by atoms with Crippen LogP contribution in [0.4, 0.5) is 0 Å². The molecule has 0 spiro atoms. The van der Waals surface area contributed by atoms with Crippen LogP contribution in [0.1, 0.15) is 16.1 Å². The van der Waals surface area contributed by atoms with Crippen molar-refractivity contribution in [1.82, 2.24) is 20.6 Å². The van der Waals surface area contributed by atoms with Gasteiger partial charge in [0.1, 0.15) is 0 Å². The molecule has 0 radical (unpaired) electrons. The zero-order valence-electron chi connectivity index (χ0n) is 10.5.